The number of sulfonamides is 1. The molecule has 4 nitrogen and oxygen atoms in total. The zero-order valence-corrected chi connectivity index (χ0v) is 14.5. The maximum atomic E-state index is 12.6. The van der Waals surface area contributed by atoms with Crippen LogP contribution < -0.4 is 5.32 Å². The Labute approximate surface area is 134 Å². The summed E-state index contributed by atoms with van der Waals surface area (Å²) < 4.78 is 26.9. The number of hydrogen-bond donors (Lipinski definition) is 1. The van der Waals surface area contributed by atoms with E-state index >= 15 is 0 Å². The van der Waals surface area contributed by atoms with Crippen molar-refractivity contribution in [1.82, 2.24) is 9.62 Å². The second-order valence-electron chi connectivity index (χ2n) is 5.68. The molecule has 1 fully saturated rings. The van der Waals surface area contributed by atoms with Crippen molar-refractivity contribution in [2.75, 3.05) is 13.1 Å². The molecular formula is C15H25ClN2O2S. The van der Waals surface area contributed by atoms with E-state index < -0.39 is 10.0 Å². The minimum absolute atomic E-state index is 0. The summed E-state index contributed by atoms with van der Waals surface area (Å²) in [6.07, 6.45) is 2.06. The van der Waals surface area contributed by atoms with Crippen molar-refractivity contribution >= 4 is 22.4 Å². The predicted octanol–water partition coefficient (Wildman–Crippen LogP) is 2.43. The maximum Gasteiger partial charge on any atom is 0.243 e. The average molecular weight is 333 g/mol. The highest BCUT2D eigenvalue weighted by Gasteiger charge is 2.31. The van der Waals surface area contributed by atoms with Crippen LogP contribution in [0.2, 0.25) is 0 Å². The molecule has 21 heavy (non-hydrogen) atoms. The number of benzene rings is 1. The third-order valence-corrected chi connectivity index (χ3v) is 5.47. The van der Waals surface area contributed by atoms with Gasteiger partial charge in [-0.15, -0.1) is 12.4 Å². The normalized spacial score (nSPS) is 23.6. The van der Waals surface area contributed by atoms with Crippen LogP contribution in [-0.4, -0.2) is 37.9 Å². The van der Waals surface area contributed by atoms with Crippen LogP contribution in [0.25, 0.3) is 0 Å². The lowest BCUT2D eigenvalue weighted by Crippen LogP contribution is -2.55. The van der Waals surface area contributed by atoms with E-state index in [1.54, 1.807) is 16.4 Å². The Bertz CT molecular complexity index is 535. The van der Waals surface area contributed by atoms with Crippen molar-refractivity contribution < 1.29 is 8.42 Å². The monoisotopic (exact) mass is 332 g/mol. The Morgan fingerprint density at radius 1 is 1.14 bits per heavy atom. The van der Waals surface area contributed by atoms with E-state index in [-0.39, 0.29) is 24.5 Å². The Morgan fingerprint density at radius 3 is 2.14 bits per heavy atom. The standard InChI is InChI=1S/C15H24N2O2S.ClH/c1-4-5-14-6-8-15(9-7-14)20(18,19)17-10-12(2)16-13(3)11-17;/h6-9,12-13,16H,4-5,10-11H2,1-3H3;1H. The third kappa shape index (κ3) is 4.42. The smallest absolute Gasteiger partial charge is 0.243 e. The molecule has 1 saturated heterocycles. The van der Waals surface area contributed by atoms with Crippen LogP contribution in [0.1, 0.15) is 32.8 Å². The van der Waals surface area contributed by atoms with Gasteiger partial charge in [-0.2, -0.15) is 4.31 Å². The lowest BCUT2D eigenvalue weighted by atomic mass is 10.1. The summed E-state index contributed by atoms with van der Waals surface area (Å²) >= 11 is 0. The van der Waals surface area contributed by atoms with Gasteiger partial charge in [0.2, 0.25) is 10.0 Å². The topological polar surface area (TPSA) is 49.4 Å². The number of hydrogen-bond acceptors (Lipinski definition) is 3. The predicted molar refractivity (Wildman–Crippen MR) is 88.5 cm³/mol. The van der Waals surface area contributed by atoms with Gasteiger partial charge in [-0.3, -0.25) is 0 Å². The highest BCUT2D eigenvalue weighted by molar-refractivity contribution is 7.89. The lowest BCUT2D eigenvalue weighted by molar-refractivity contribution is 0.263. The molecule has 6 heteroatoms. The fourth-order valence-electron chi connectivity index (χ4n) is 2.74. The number of nitrogens with zero attached hydrogens (tertiary/aromatic N) is 1. The molecule has 1 N–H and O–H groups in total. The first-order valence-electron chi connectivity index (χ1n) is 7.28. The fraction of sp³-hybridized carbons (Fsp3) is 0.600. The SMILES string of the molecule is CCCc1ccc(S(=O)(=O)N2CC(C)NC(C)C2)cc1.Cl. The largest absolute Gasteiger partial charge is 0.309 e. The molecular weight excluding hydrogens is 308 g/mol. The van der Waals surface area contributed by atoms with Crippen molar-refractivity contribution in [2.24, 2.45) is 0 Å². The summed E-state index contributed by atoms with van der Waals surface area (Å²) in [5.41, 5.74) is 1.19. The van der Waals surface area contributed by atoms with Crippen molar-refractivity contribution in [3.63, 3.8) is 0 Å². The Kier molecular flexibility index (Phi) is 6.66. The maximum absolute atomic E-state index is 12.6. The molecule has 0 amide bonds. The van der Waals surface area contributed by atoms with Crippen LogP contribution in [0.5, 0.6) is 0 Å². The lowest BCUT2D eigenvalue weighted by Gasteiger charge is -2.35. The van der Waals surface area contributed by atoms with Gasteiger partial charge < -0.3 is 5.32 Å². The summed E-state index contributed by atoms with van der Waals surface area (Å²) in [5, 5.41) is 3.35. The van der Waals surface area contributed by atoms with Crippen LogP contribution in [-0.2, 0) is 16.4 Å². The van der Waals surface area contributed by atoms with Crippen molar-refractivity contribution in [2.45, 2.75) is 50.6 Å². The second kappa shape index (κ2) is 7.58. The first-order chi connectivity index (χ1) is 9.43. The Hall–Kier alpha value is -0.620. The minimum Gasteiger partial charge on any atom is -0.309 e. The van der Waals surface area contributed by atoms with Gasteiger partial charge in [-0.1, -0.05) is 25.5 Å². The van der Waals surface area contributed by atoms with Gasteiger partial charge in [0.1, 0.15) is 0 Å². The summed E-state index contributed by atoms with van der Waals surface area (Å²) in [5.74, 6) is 0. The molecule has 0 saturated carbocycles. The average Bonchev–Trinajstić information content (AvgIpc) is 2.38. The number of halogens is 1. The van der Waals surface area contributed by atoms with Gasteiger partial charge in [-0.25, -0.2) is 8.42 Å². The molecule has 1 aliphatic heterocycles. The molecule has 2 atom stereocenters. The second-order valence-corrected chi connectivity index (χ2v) is 7.62. The van der Waals surface area contributed by atoms with Gasteiger partial charge >= 0.3 is 0 Å². The van der Waals surface area contributed by atoms with E-state index in [0.717, 1.165) is 12.8 Å². The molecule has 0 aromatic heterocycles. The molecule has 120 valence electrons. The molecule has 1 aromatic carbocycles. The molecule has 1 heterocycles. The van der Waals surface area contributed by atoms with Crippen LogP contribution >= 0.6 is 12.4 Å². The molecule has 0 bridgehead atoms. The van der Waals surface area contributed by atoms with Crippen LogP contribution in [0, 0.1) is 0 Å². The Morgan fingerprint density at radius 2 is 1.67 bits per heavy atom. The minimum atomic E-state index is -3.37. The Balaban J connectivity index is 0.00000220. The quantitative estimate of drug-likeness (QED) is 0.921. The molecule has 1 aromatic rings. The molecule has 1 aliphatic rings. The highest BCUT2D eigenvalue weighted by Crippen LogP contribution is 2.19. The van der Waals surface area contributed by atoms with Crippen molar-refractivity contribution in [3.05, 3.63) is 29.8 Å². The van der Waals surface area contributed by atoms with E-state index in [0.29, 0.717) is 18.0 Å². The van der Waals surface area contributed by atoms with Crippen molar-refractivity contribution in [1.29, 1.82) is 0 Å². The van der Waals surface area contributed by atoms with Gasteiger partial charge in [0.15, 0.2) is 0 Å². The van der Waals surface area contributed by atoms with Crippen molar-refractivity contribution in [3.8, 4) is 0 Å². The third-order valence-electron chi connectivity index (χ3n) is 3.62. The van der Waals surface area contributed by atoms with Crippen LogP contribution in [0.3, 0.4) is 0 Å². The number of nitrogens with one attached hydrogen (secondary N) is 1. The van der Waals surface area contributed by atoms with E-state index in [9.17, 15) is 8.42 Å². The first-order valence-corrected chi connectivity index (χ1v) is 8.72. The zero-order valence-electron chi connectivity index (χ0n) is 12.9. The summed E-state index contributed by atoms with van der Waals surface area (Å²) in [7, 11) is -3.37. The summed E-state index contributed by atoms with van der Waals surface area (Å²) in [6, 6.07) is 7.69. The molecule has 0 radical (unpaired) electrons. The van der Waals surface area contributed by atoms with E-state index in [1.165, 1.54) is 5.56 Å². The number of aryl methyl sites for hydroxylation is 1. The van der Waals surface area contributed by atoms with Gasteiger partial charge in [-0.05, 0) is 38.0 Å². The van der Waals surface area contributed by atoms with Crippen LogP contribution in [0.15, 0.2) is 29.2 Å². The highest BCUT2D eigenvalue weighted by atomic mass is 35.5. The molecule has 2 rings (SSSR count). The first kappa shape index (κ1) is 18.4. The van der Waals surface area contributed by atoms with E-state index in [2.05, 4.69) is 12.2 Å². The van der Waals surface area contributed by atoms with Gasteiger partial charge in [0, 0.05) is 25.2 Å². The number of rotatable bonds is 4. The number of piperazine rings is 1. The van der Waals surface area contributed by atoms with E-state index in [1.807, 2.05) is 26.0 Å². The van der Waals surface area contributed by atoms with Gasteiger partial charge in [0.05, 0.1) is 4.90 Å². The zero-order chi connectivity index (χ0) is 14.8. The summed E-state index contributed by atoms with van der Waals surface area (Å²) in [4.78, 5) is 0.402. The summed E-state index contributed by atoms with van der Waals surface area (Å²) in [6.45, 7) is 7.21. The fourth-order valence-corrected chi connectivity index (χ4v) is 4.36. The van der Waals surface area contributed by atoms with Crippen LogP contribution in [0.4, 0.5) is 0 Å². The molecule has 0 spiro atoms. The molecule has 0 aliphatic carbocycles. The van der Waals surface area contributed by atoms with Gasteiger partial charge in [0.25, 0.3) is 0 Å². The van der Waals surface area contributed by atoms with E-state index in [4.69, 9.17) is 0 Å². The molecule has 2 unspecified atom stereocenters.